The predicted octanol–water partition coefficient (Wildman–Crippen LogP) is 5.09. The summed E-state index contributed by atoms with van der Waals surface area (Å²) >= 11 is 6.40. The molecule has 2 aromatic carbocycles. The van der Waals surface area contributed by atoms with Crippen molar-refractivity contribution in [2.45, 2.75) is 115 Å². The summed E-state index contributed by atoms with van der Waals surface area (Å²) in [5.74, 6) is 1.13. The van der Waals surface area contributed by atoms with Gasteiger partial charge in [0.1, 0.15) is 12.1 Å². The number of likely N-dealkylation sites (N-methyl/N-ethyl adjacent to an activating group) is 1. The third-order valence-electron chi connectivity index (χ3n) is 10.4. The maximum Gasteiger partial charge on any atom is 0.243 e. The number of rotatable bonds is 18. The molecule has 51 heavy (non-hydrogen) atoms. The van der Waals surface area contributed by atoms with E-state index in [-0.39, 0.29) is 24.7 Å². The molecule has 1 fully saturated rings. The van der Waals surface area contributed by atoms with Crippen molar-refractivity contribution in [1.29, 1.82) is 0 Å². The lowest BCUT2D eigenvalue weighted by Crippen LogP contribution is -2.56. The van der Waals surface area contributed by atoms with E-state index in [0.29, 0.717) is 38.3 Å². The Morgan fingerprint density at radius 1 is 1.00 bits per heavy atom. The molecule has 0 radical (unpaired) electrons. The average molecular weight is 721 g/mol. The summed E-state index contributed by atoms with van der Waals surface area (Å²) in [4.78, 5) is 45.2. The molecule has 5 atom stereocenters. The first-order valence-electron chi connectivity index (χ1n) is 18.6. The van der Waals surface area contributed by atoms with Gasteiger partial charge in [0.15, 0.2) is 0 Å². The van der Waals surface area contributed by atoms with Crippen molar-refractivity contribution in [3.05, 3.63) is 70.2 Å². The van der Waals surface area contributed by atoms with E-state index in [2.05, 4.69) is 27.5 Å². The van der Waals surface area contributed by atoms with Crippen LogP contribution in [0, 0.1) is 30.1 Å². The van der Waals surface area contributed by atoms with Gasteiger partial charge >= 0.3 is 0 Å². The highest BCUT2D eigenvalue weighted by molar-refractivity contribution is 6.31. The van der Waals surface area contributed by atoms with Crippen LogP contribution in [0.5, 0.6) is 0 Å². The lowest BCUT2D eigenvalue weighted by atomic mass is 9.82. The first kappa shape index (κ1) is 40.4. The van der Waals surface area contributed by atoms with E-state index in [4.69, 9.17) is 18.0 Å². The summed E-state index contributed by atoms with van der Waals surface area (Å²) in [6.07, 6.45) is 10.0. The van der Waals surface area contributed by atoms with E-state index < -0.39 is 42.0 Å². The third-order valence-corrected chi connectivity index (χ3v) is 10.8. The van der Waals surface area contributed by atoms with Gasteiger partial charge in [-0.15, -0.1) is 12.3 Å². The zero-order valence-electron chi connectivity index (χ0n) is 30.5. The zero-order valence-corrected chi connectivity index (χ0v) is 31.3. The smallest absolute Gasteiger partial charge is 0.243 e. The molecule has 4 rings (SSSR count). The lowest BCUT2D eigenvalue weighted by Gasteiger charge is -2.33. The Balaban J connectivity index is 1.42. The van der Waals surface area contributed by atoms with Gasteiger partial charge in [-0.1, -0.05) is 100 Å². The Kier molecular flexibility index (Phi) is 15.8. The van der Waals surface area contributed by atoms with E-state index >= 15 is 0 Å². The van der Waals surface area contributed by atoms with E-state index in [1.807, 2.05) is 56.3 Å². The van der Waals surface area contributed by atoms with Gasteiger partial charge in [-0.05, 0) is 53.9 Å². The molecule has 278 valence electrons. The Bertz CT molecular complexity index is 1470. The molecule has 9 nitrogen and oxygen atoms in total. The topological polar surface area (TPSA) is 122 Å². The van der Waals surface area contributed by atoms with Crippen molar-refractivity contribution < 1.29 is 24.6 Å². The number of amides is 3. The van der Waals surface area contributed by atoms with Crippen LogP contribution in [-0.2, 0) is 33.9 Å². The Hall–Kier alpha value is -3.42. The van der Waals surface area contributed by atoms with Gasteiger partial charge in [-0.3, -0.25) is 19.3 Å². The number of terminal acetylenes is 1. The lowest BCUT2D eigenvalue weighted by molar-refractivity contribution is -0.137. The summed E-state index contributed by atoms with van der Waals surface area (Å²) in [6.45, 7) is 6.59. The van der Waals surface area contributed by atoms with Gasteiger partial charge in [0.25, 0.3) is 0 Å². The predicted molar refractivity (Wildman–Crippen MR) is 201 cm³/mol. The number of hydrogen-bond acceptors (Lipinski definition) is 6. The number of halogens is 1. The molecule has 0 bridgehead atoms. The number of carbonyl (C=O) groups is 3. The van der Waals surface area contributed by atoms with Crippen LogP contribution in [0.3, 0.4) is 0 Å². The Morgan fingerprint density at radius 3 is 2.39 bits per heavy atom. The van der Waals surface area contributed by atoms with Crippen molar-refractivity contribution in [3.63, 3.8) is 0 Å². The van der Waals surface area contributed by atoms with Crippen LogP contribution in [0.25, 0.3) is 0 Å². The van der Waals surface area contributed by atoms with Gasteiger partial charge in [-0.25, -0.2) is 0 Å². The minimum Gasteiger partial charge on any atom is -0.390 e. The molecule has 1 aliphatic carbocycles. The van der Waals surface area contributed by atoms with Crippen LogP contribution in [-0.4, -0.2) is 82.2 Å². The third kappa shape index (κ3) is 12.3. The van der Waals surface area contributed by atoms with E-state index in [0.717, 1.165) is 54.9 Å². The molecule has 4 N–H and O–H groups in total. The maximum absolute atomic E-state index is 13.9. The highest BCUT2D eigenvalue weighted by Gasteiger charge is 2.34. The normalized spacial score (nSPS) is 17.8. The number of fused-ring (bicyclic) bond motifs is 1. The molecule has 2 aliphatic rings. The molecule has 10 heteroatoms. The average Bonchev–Trinajstić information content (AvgIpc) is 3.54. The fourth-order valence-electron chi connectivity index (χ4n) is 7.40. The first-order valence-corrected chi connectivity index (χ1v) is 19.0. The molecule has 1 aliphatic heterocycles. The van der Waals surface area contributed by atoms with Crippen molar-refractivity contribution in [2.75, 3.05) is 20.1 Å². The molecule has 3 amide bonds. The van der Waals surface area contributed by atoms with Gasteiger partial charge in [0.2, 0.25) is 17.7 Å². The standard InChI is InChI=1S/C41H57ClN4O5/c1-5-13-35(41(51)44-36(24-30-16-10-7-11-17-30)39(49)37(47)22-28(2)3)43-40(50)32(23-29-14-8-6-9-15-29)25-38(48)45(4)20-21-46-26-31-18-12-19-34(42)33(31)27-46/h1,6,8-9,12,14-15,18-19,28,30,32,35-37,39,47,49H,7,10-11,13,16-17,20-27H2,2-4H3,(H,43,50)(H,44,51)/t32-,35+,36+,37+,39-/m1/s1. The fraction of sp³-hybridized carbons (Fsp3) is 0.585. The number of nitrogens with zero attached hydrogens (tertiary/aromatic N) is 2. The van der Waals surface area contributed by atoms with Crippen LogP contribution < -0.4 is 10.6 Å². The molecule has 0 unspecified atom stereocenters. The second-order valence-corrected chi connectivity index (χ2v) is 15.4. The maximum atomic E-state index is 13.9. The second-order valence-electron chi connectivity index (χ2n) is 15.0. The summed E-state index contributed by atoms with van der Waals surface area (Å²) in [5.41, 5.74) is 3.22. The molecule has 1 saturated carbocycles. The number of carbonyl (C=O) groups excluding carboxylic acids is 3. The highest BCUT2D eigenvalue weighted by Crippen LogP contribution is 2.30. The zero-order chi connectivity index (χ0) is 36.9. The van der Waals surface area contributed by atoms with Gasteiger partial charge in [0, 0.05) is 51.1 Å². The quantitative estimate of drug-likeness (QED) is 0.159. The Morgan fingerprint density at radius 2 is 1.73 bits per heavy atom. The number of benzene rings is 2. The minimum absolute atomic E-state index is 0.0436. The summed E-state index contributed by atoms with van der Waals surface area (Å²) in [5, 5.41) is 28.6. The molecule has 1 heterocycles. The van der Waals surface area contributed by atoms with Crippen LogP contribution in [0.2, 0.25) is 5.02 Å². The van der Waals surface area contributed by atoms with Gasteiger partial charge in [-0.2, -0.15) is 0 Å². The molecular formula is C41H57ClN4O5. The van der Waals surface area contributed by atoms with Crippen LogP contribution >= 0.6 is 11.6 Å². The summed E-state index contributed by atoms with van der Waals surface area (Å²) in [6, 6.07) is 13.7. The molecule has 0 spiro atoms. The number of aliphatic hydroxyl groups excluding tert-OH is 2. The number of hydrogen-bond donors (Lipinski definition) is 4. The van der Waals surface area contributed by atoms with Crippen molar-refractivity contribution >= 4 is 29.3 Å². The summed E-state index contributed by atoms with van der Waals surface area (Å²) < 4.78 is 0. The van der Waals surface area contributed by atoms with E-state index in [1.54, 1.807) is 11.9 Å². The molecular weight excluding hydrogens is 664 g/mol. The first-order chi connectivity index (χ1) is 24.4. The second kappa shape index (κ2) is 20.0. The fourth-order valence-corrected chi connectivity index (χ4v) is 7.66. The van der Waals surface area contributed by atoms with E-state index in [9.17, 15) is 24.6 Å². The monoisotopic (exact) mass is 720 g/mol. The largest absolute Gasteiger partial charge is 0.390 e. The van der Waals surface area contributed by atoms with Crippen LogP contribution in [0.15, 0.2) is 48.5 Å². The van der Waals surface area contributed by atoms with Crippen molar-refractivity contribution in [3.8, 4) is 12.3 Å². The van der Waals surface area contributed by atoms with E-state index in [1.165, 1.54) is 12.0 Å². The molecule has 2 aromatic rings. The summed E-state index contributed by atoms with van der Waals surface area (Å²) in [7, 11) is 1.75. The highest BCUT2D eigenvalue weighted by atomic mass is 35.5. The van der Waals surface area contributed by atoms with Gasteiger partial charge in [0.05, 0.1) is 18.1 Å². The molecule has 0 aromatic heterocycles. The van der Waals surface area contributed by atoms with Crippen LogP contribution in [0.1, 0.15) is 88.3 Å². The van der Waals surface area contributed by atoms with Crippen LogP contribution in [0.4, 0.5) is 0 Å². The van der Waals surface area contributed by atoms with Crippen molar-refractivity contribution in [1.82, 2.24) is 20.4 Å². The van der Waals surface area contributed by atoms with Gasteiger partial charge < -0.3 is 25.7 Å². The molecule has 0 saturated heterocycles. The van der Waals surface area contributed by atoms with Crippen molar-refractivity contribution in [2.24, 2.45) is 17.8 Å². The Labute approximate surface area is 309 Å². The number of aliphatic hydroxyl groups is 2. The number of nitrogens with one attached hydrogen (secondary N) is 2. The SMILES string of the molecule is C#CC[C@H](NC(=O)[C@@H](CC(=O)N(C)CCN1Cc2cccc(Cl)c2C1)Cc1ccccc1)C(=O)N[C@@H](CC1CCCCC1)[C@@H](O)[C@@H](O)CC(C)C. The minimum atomic E-state index is -1.16.